The van der Waals surface area contributed by atoms with Gasteiger partial charge in [-0.1, -0.05) is 29.4 Å². The van der Waals surface area contributed by atoms with Crippen LogP contribution in [-0.2, 0) is 0 Å². The molecule has 0 radical (unpaired) electrons. The summed E-state index contributed by atoms with van der Waals surface area (Å²) in [4.78, 5) is 0.946. The first-order valence-electron chi connectivity index (χ1n) is 7.29. The topological polar surface area (TPSA) is 82.5 Å². The summed E-state index contributed by atoms with van der Waals surface area (Å²) in [6.07, 6.45) is 0. The molecule has 1 atom stereocenters. The van der Waals surface area contributed by atoms with E-state index in [1.807, 2.05) is 36.6 Å². The molecule has 0 saturated carbocycles. The first-order chi connectivity index (χ1) is 12.2. The van der Waals surface area contributed by atoms with Crippen molar-refractivity contribution in [1.82, 2.24) is 30.4 Å². The van der Waals surface area contributed by atoms with Crippen LogP contribution in [-0.4, -0.2) is 30.4 Å². The fourth-order valence-electron chi connectivity index (χ4n) is 2.10. The van der Waals surface area contributed by atoms with Gasteiger partial charge in [0.15, 0.2) is 0 Å². The Morgan fingerprint density at radius 1 is 1.16 bits per heavy atom. The molecule has 0 N–H and O–H groups in total. The average Bonchev–Trinajstić information content (AvgIpc) is 3.36. The number of aromatic nitrogens is 6. The molecule has 0 amide bonds. The molecule has 0 aliphatic rings. The van der Waals surface area contributed by atoms with E-state index in [-0.39, 0.29) is 5.25 Å². The standard InChI is InChI=1S/C15H11ClN6OS2/c1-9(13-17-18-14(23-13)12-3-2-8-24-12)25-15-19-20-21-22(15)11-6-4-10(16)5-7-11/h2-9H,1H3/t9-/m0/s1. The SMILES string of the molecule is C[C@H](Sc1nnnn1-c1ccc(Cl)cc1)c1nnc(-c2cccs2)o1. The van der Waals surface area contributed by atoms with Crippen LogP contribution < -0.4 is 0 Å². The fourth-order valence-corrected chi connectivity index (χ4v) is 3.71. The van der Waals surface area contributed by atoms with Gasteiger partial charge < -0.3 is 4.42 Å². The number of benzene rings is 1. The van der Waals surface area contributed by atoms with Gasteiger partial charge in [0.1, 0.15) is 0 Å². The lowest BCUT2D eigenvalue weighted by Gasteiger charge is -2.07. The Morgan fingerprint density at radius 3 is 2.76 bits per heavy atom. The molecule has 0 spiro atoms. The number of halogens is 1. The van der Waals surface area contributed by atoms with Crippen molar-refractivity contribution in [3.05, 3.63) is 52.7 Å². The maximum atomic E-state index is 5.93. The van der Waals surface area contributed by atoms with E-state index in [0.717, 1.165) is 10.6 Å². The van der Waals surface area contributed by atoms with Gasteiger partial charge in [-0.2, -0.15) is 4.68 Å². The molecule has 126 valence electrons. The van der Waals surface area contributed by atoms with E-state index in [1.165, 1.54) is 11.8 Å². The Morgan fingerprint density at radius 2 is 2.00 bits per heavy atom. The first-order valence-corrected chi connectivity index (χ1v) is 9.42. The Balaban J connectivity index is 1.55. The van der Waals surface area contributed by atoms with Crippen molar-refractivity contribution in [3.63, 3.8) is 0 Å². The van der Waals surface area contributed by atoms with E-state index >= 15 is 0 Å². The van der Waals surface area contributed by atoms with Crippen molar-refractivity contribution in [3.8, 4) is 16.5 Å². The second kappa shape index (κ2) is 6.95. The normalized spacial score (nSPS) is 12.4. The third kappa shape index (κ3) is 3.44. The zero-order valence-corrected chi connectivity index (χ0v) is 15.3. The van der Waals surface area contributed by atoms with Gasteiger partial charge in [-0.3, -0.25) is 0 Å². The van der Waals surface area contributed by atoms with Gasteiger partial charge in [0, 0.05) is 5.02 Å². The van der Waals surface area contributed by atoms with Crippen molar-refractivity contribution in [2.75, 3.05) is 0 Å². The highest BCUT2D eigenvalue weighted by Gasteiger charge is 2.20. The van der Waals surface area contributed by atoms with Crippen LogP contribution in [0.15, 0.2) is 51.4 Å². The van der Waals surface area contributed by atoms with Crippen molar-refractivity contribution in [2.45, 2.75) is 17.3 Å². The number of rotatable bonds is 5. The first kappa shape index (κ1) is 16.2. The van der Waals surface area contributed by atoms with E-state index < -0.39 is 0 Å². The van der Waals surface area contributed by atoms with E-state index in [2.05, 4.69) is 25.7 Å². The Hall–Kier alpha value is -2.23. The monoisotopic (exact) mass is 390 g/mol. The van der Waals surface area contributed by atoms with Gasteiger partial charge in [0.2, 0.25) is 11.0 Å². The van der Waals surface area contributed by atoms with Gasteiger partial charge in [0.05, 0.1) is 15.8 Å². The molecule has 0 aliphatic carbocycles. The summed E-state index contributed by atoms with van der Waals surface area (Å²) in [5.41, 5.74) is 0.828. The van der Waals surface area contributed by atoms with Crippen LogP contribution >= 0.6 is 34.7 Å². The molecule has 1 aromatic carbocycles. The molecule has 3 heterocycles. The summed E-state index contributed by atoms with van der Waals surface area (Å²) < 4.78 is 7.42. The summed E-state index contributed by atoms with van der Waals surface area (Å²) >= 11 is 8.93. The maximum absolute atomic E-state index is 5.93. The van der Waals surface area contributed by atoms with Crippen LogP contribution in [0.3, 0.4) is 0 Å². The molecule has 25 heavy (non-hydrogen) atoms. The smallest absolute Gasteiger partial charge is 0.257 e. The molecule has 0 fully saturated rings. The van der Waals surface area contributed by atoms with Crippen LogP contribution in [0.25, 0.3) is 16.5 Å². The van der Waals surface area contributed by atoms with Gasteiger partial charge in [-0.25, -0.2) is 0 Å². The minimum absolute atomic E-state index is 0.0988. The molecule has 7 nitrogen and oxygen atoms in total. The zero-order chi connectivity index (χ0) is 17.2. The summed E-state index contributed by atoms with van der Waals surface area (Å²) in [5.74, 6) is 1.05. The van der Waals surface area contributed by atoms with Crippen LogP contribution in [0.4, 0.5) is 0 Å². The van der Waals surface area contributed by atoms with Crippen molar-refractivity contribution >= 4 is 34.7 Å². The predicted octanol–water partition coefficient (Wildman–Crippen LogP) is 4.28. The number of hydrogen-bond donors (Lipinski definition) is 0. The summed E-state index contributed by atoms with van der Waals surface area (Å²) in [6, 6.07) is 11.2. The molecule has 4 rings (SSSR count). The van der Waals surface area contributed by atoms with Gasteiger partial charge in [-0.05, 0) is 53.1 Å². The third-order valence-electron chi connectivity index (χ3n) is 3.31. The highest BCUT2D eigenvalue weighted by atomic mass is 35.5. The van der Waals surface area contributed by atoms with E-state index in [0.29, 0.717) is 22.0 Å². The largest absolute Gasteiger partial charge is 0.419 e. The summed E-state index contributed by atoms with van der Waals surface area (Å²) in [7, 11) is 0. The highest BCUT2D eigenvalue weighted by molar-refractivity contribution is 7.99. The summed E-state index contributed by atoms with van der Waals surface area (Å²) in [5, 5.41) is 23.3. The quantitative estimate of drug-likeness (QED) is 0.470. The number of tetrazole rings is 1. The molecule has 0 unspecified atom stereocenters. The minimum Gasteiger partial charge on any atom is -0.419 e. The second-order valence-corrected chi connectivity index (χ2v) is 7.72. The highest BCUT2D eigenvalue weighted by Crippen LogP contribution is 2.35. The van der Waals surface area contributed by atoms with Crippen LogP contribution in [0.2, 0.25) is 5.02 Å². The molecular weight excluding hydrogens is 380 g/mol. The number of thioether (sulfide) groups is 1. The third-order valence-corrected chi connectivity index (χ3v) is 5.45. The van der Waals surface area contributed by atoms with Gasteiger partial charge >= 0.3 is 0 Å². The lowest BCUT2D eigenvalue weighted by Crippen LogP contribution is -2.00. The van der Waals surface area contributed by atoms with Gasteiger partial charge in [-0.15, -0.1) is 26.6 Å². The lowest BCUT2D eigenvalue weighted by molar-refractivity contribution is 0.510. The average molecular weight is 391 g/mol. The van der Waals surface area contributed by atoms with Crippen LogP contribution in [0.5, 0.6) is 0 Å². The zero-order valence-electron chi connectivity index (χ0n) is 12.9. The predicted molar refractivity (Wildman–Crippen MR) is 96.0 cm³/mol. The Labute approximate surface area is 156 Å². The van der Waals surface area contributed by atoms with Gasteiger partial charge in [0.25, 0.3) is 5.89 Å². The lowest BCUT2D eigenvalue weighted by atomic mass is 10.3. The van der Waals surface area contributed by atoms with Crippen molar-refractivity contribution < 1.29 is 4.42 Å². The second-order valence-electron chi connectivity index (χ2n) is 5.03. The van der Waals surface area contributed by atoms with Crippen LogP contribution in [0, 0.1) is 0 Å². The molecular formula is C15H11ClN6OS2. The Kier molecular flexibility index (Phi) is 4.51. The molecule has 10 heteroatoms. The molecule has 0 bridgehead atoms. The number of nitrogens with zero attached hydrogens (tertiary/aromatic N) is 6. The van der Waals surface area contributed by atoms with Crippen LogP contribution in [0.1, 0.15) is 18.1 Å². The number of hydrogen-bond acceptors (Lipinski definition) is 8. The summed E-state index contributed by atoms with van der Waals surface area (Å²) in [6.45, 7) is 1.97. The molecule has 0 saturated heterocycles. The van der Waals surface area contributed by atoms with E-state index in [9.17, 15) is 0 Å². The minimum atomic E-state index is -0.0988. The Bertz CT molecular complexity index is 966. The molecule has 0 aliphatic heterocycles. The van der Waals surface area contributed by atoms with Crippen molar-refractivity contribution in [1.29, 1.82) is 0 Å². The number of thiophene rings is 1. The van der Waals surface area contributed by atoms with E-state index in [4.69, 9.17) is 16.0 Å². The fraction of sp³-hybridized carbons (Fsp3) is 0.133. The van der Waals surface area contributed by atoms with Crippen molar-refractivity contribution in [2.24, 2.45) is 0 Å². The molecule has 3 aromatic heterocycles. The van der Waals surface area contributed by atoms with E-state index in [1.54, 1.807) is 28.2 Å². The molecule has 4 aromatic rings. The maximum Gasteiger partial charge on any atom is 0.257 e.